The minimum atomic E-state index is -0.298. The van der Waals surface area contributed by atoms with Crippen molar-refractivity contribution in [1.82, 2.24) is 0 Å². The Balaban J connectivity index is 1.28. The summed E-state index contributed by atoms with van der Waals surface area (Å²) in [6, 6.07) is 15.3. The highest BCUT2D eigenvalue weighted by atomic mass is 28.3. The molecule has 148 valence electrons. The average Bonchev–Trinajstić information content (AvgIpc) is 2.73. The number of aryl methyl sites for hydroxylation is 1. The molecule has 1 nitrogen and oxygen atoms in total. The minimum absolute atomic E-state index is 0.298. The SMILES string of the molecule is CCC[Si@H]1CC[C@H]([C@H]2CC[C@H](CCCCc3ccc(C#N)cc3)CC2)CC1. The number of benzene rings is 1. The van der Waals surface area contributed by atoms with Crippen LogP contribution in [0.4, 0.5) is 0 Å². The normalized spacial score (nSPS) is 28.6. The van der Waals surface area contributed by atoms with Gasteiger partial charge in [0, 0.05) is 8.80 Å². The first-order chi connectivity index (χ1) is 13.3. The maximum Gasteiger partial charge on any atom is 0.0991 e. The van der Waals surface area contributed by atoms with E-state index in [0.717, 1.165) is 23.3 Å². The molecule has 0 radical (unpaired) electrons. The molecule has 0 aromatic heterocycles. The number of unbranched alkanes of at least 4 members (excludes halogenated alkanes) is 1. The van der Waals surface area contributed by atoms with Crippen LogP contribution in [0.15, 0.2) is 24.3 Å². The summed E-state index contributed by atoms with van der Waals surface area (Å²) in [4.78, 5) is 0. The molecular weight excluding hydrogens is 342 g/mol. The first kappa shape index (κ1) is 20.7. The molecule has 1 aromatic carbocycles. The second-order valence-corrected chi connectivity index (χ2v) is 12.9. The van der Waals surface area contributed by atoms with Crippen molar-refractivity contribution in [2.45, 2.75) is 95.7 Å². The average molecular weight is 382 g/mol. The van der Waals surface area contributed by atoms with Crippen molar-refractivity contribution >= 4 is 8.80 Å². The lowest BCUT2D eigenvalue weighted by atomic mass is 9.73. The third-order valence-electron chi connectivity index (χ3n) is 7.56. The van der Waals surface area contributed by atoms with Crippen LogP contribution >= 0.6 is 0 Å². The molecule has 1 saturated heterocycles. The quantitative estimate of drug-likeness (QED) is 0.347. The Morgan fingerprint density at radius 2 is 1.59 bits per heavy atom. The summed E-state index contributed by atoms with van der Waals surface area (Å²) in [5.74, 6) is 3.19. The van der Waals surface area contributed by atoms with Gasteiger partial charge in [0.2, 0.25) is 0 Å². The fraction of sp³-hybridized carbons (Fsp3) is 0.720. The van der Waals surface area contributed by atoms with E-state index in [1.165, 1.54) is 63.4 Å². The number of hydrogen-bond donors (Lipinski definition) is 0. The Morgan fingerprint density at radius 3 is 2.22 bits per heavy atom. The molecule has 1 heterocycles. The molecule has 1 saturated carbocycles. The summed E-state index contributed by atoms with van der Waals surface area (Å²) in [5, 5.41) is 8.87. The first-order valence-corrected chi connectivity index (χ1v) is 14.2. The van der Waals surface area contributed by atoms with Crippen molar-refractivity contribution in [3.63, 3.8) is 0 Å². The number of nitriles is 1. The molecular formula is C25H39NSi. The lowest BCUT2D eigenvalue weighted by molar-refractivity contribution is 0.184. The molecule has 0 spiro atoms. The Hall–Kier alpha value is -1.07. The van der Waals surface area contributed by atoms with Crippen LogP contribution in [-0.4, -0.2) is 8.80 Å². The number of rotatable bonds is 8. The smallest absolute Gasteiger partial charge is 0.0991 e. The summed E-state index contributed by atoms with van der Waals surface area (Å²) >= 11 is 0. The van der Waals surface area contributed by atoms with Gasteiger partial charge in [-0.1, -0.05) is 82.1 Å². The van der Waals surface area contributed by atoms with Gasteiger partial charge in [-0.2, -0.15) is 5.26 Å². The predicted octanol–water partition coefficient (Wildman–Crippen LogP) is 7.12. The third kappa shape index (κ3) is 6.49. The second-order valence-electron chi connectivity index (χ2n) is 9.40. The van der Waals surface area contributed by atoms with E-state index in [-0.39, 0.29) is 8.80 Å². The molecule has 2 heteroatoms. The second kappa shape index (κ2) is 11.1. The molecule has 27 heavy (non-hydrogen) atoms. The summed E-state index contributed by atoms with van der Waals surface area (Å²) < 4.78 is 0. The maximum absolute atomic E-state index is 8.87. The van der Waals surface area contributed by atoms with Crippen LogP contribution in [0.2, 0.25) is 18.1 Å². The van der Waals surface area contributed by atoms with Crippen molar-refractivity contribution in [1.29, 1.82) is 5.26 Å². The van der Waals surface area contributed by atoms with Gasteiger partial charge in [0.1, 0.15) is 0 Å². The summed E-state index contributed by atoms with van der Waals surface area (Å²) in [6.45, 7) is 2.38. The van der Waals surface area contributed by atoms with Gasteiger partial charge >= 0.3 is 0 Å². The van der Waals surface area contributed by atoms with Crippen LogP contribution in [0.1, 0.15) is 82.3 Å². The lowest BCUT2D eigenvalue weighted by Crippen LogP contribution is -2.28. The lowest BCUT2D eigenvalue weighted by Gasteiger charge is -2.37. The molecule has 2 fully saturated rings. The molecule has 1 aliphatic heterocycles. The van der Waals surface area contributed by atoms with Gasteiger partial charge in [0.05, 0.1) is 11.6 Å². The van der Waals surface area contributed by atoms with E-state index in [1.54, 1.807) is 31.0 Å². The van der Waals surface area contributed by atoms with Crippen molar-refractivity contribution in [3.05, 3.63) is 35.4 Å². The van der Waals surface area contributed by atoms with E-state index in [4.69, 9.17) is 5.26 Å². The summed E-state index contributed by atoms with van der Waals surface area (Å²) in [6.07, 6.45) is 16.0. The largest absolute Gasteiger partial charge is 0.192 e. The van der Waals surface area contributed by atoms with Crippen LogP contribution in [0.25, 0.3) is 0 Å². The zero-order chi connectivity index (χ0) is 18.9. The van der Waals surface area contributed by atoms with Gasteiger partial charge in [0.15, 0.2) is 0 Å². The van der Waals surface area contributed by atoms with Crippen molar-refractivity contribution < 1.29 is 0 Å². The van der Waals surface area contributed by atoms with E-state index >= 15 is 0 Å². The fourth-order valence-corrected chi connectivity index (χ4v) is 9.29. The highest BCUT2D eigenvalue weighted by molar-refractivity contribution is 6.58. The van der Waals surface area contributed by atoms with Crippen LogP contribution in [0.3, 0.4) is 0 Å². The molecule has 0 atom stereocenters. The zero-order valence-electron chi connectivity index (χ0n) is 17.5. The van der Waals surface area contributed by atoms with Gasteiger partial charge in [-0.15, -0.1) is 0 Å². The molecule has 1 aliphatic carbocycles. The van der Waals surface area contributed by atoms with E-state index in [0.29, 0.717) is 0 Å². The summed E-state index contributed by atoms with van der Waals surface area (Å²) in [5.41, 5.74) is 2.16. The molecule has 0 N–H and O–H groups in total. The van der Waals surface area contributed by atoms with Gasteiger partial charge < -0.3 is 0 Å². The third-order valence-corrected chi connectivity index (χ3v) is 11.3. The molecule has 3 rings (SSSR count). The van der Waals surface area contributed by atoms with Gasteiger partial charge in [-0.05, 0) is 61.1 Å². The molecule has 2 aliphatic rings. The Kier molecular flexibility index (Phi) is 8.46. The van der Waals surface area contributed by atoms with Gasteiger partial charge in [-0.3, -0.25) is 0 Å². The van der Waals surface area contributed by atoms with Crippen LogP contribution in [-0.2, 0) is 6.42 Å². The Morgan fingerprint density at radius 1 is 0.926 bits per heavy atom. The monoisotopic (exact) mass is 381 g/mol. The van der Waals surface area contributed by atoms with E-state index in [1.807, 2.05) is 12.1 Å². The van der Waals surface area contributed by atoms with Crippen molar-refractivity contribution in [2.24, 2.45) is 17.8 Å². The summed E-state index contributed by atoms with van der Waals surface area (Å²) in [7, 11) is -0.298. The maximum atomic E-state index is 8.87. The standard InChI is InChI=1S/C25H39NSi/c1-2-17-27-18-15-25(16-19-27)24-13-11-22(12-14-24)6-4-3-5-21-7-9-23(20-26)10-8-21/h7-10,22,24-25,27H,2-6,11-19H2,1H3/t22-,24-,25-,27-. The van der Waals surface area contributed by atoms with Crippen LogP contribution in [0.5, 0.6) is 0 Å². The molecule has 0 amide bonds. The van der Waals surface area contributed by atoms with Crippen LogP contribution < -0.4 is 0 Å². The molecule has 0 bridgehead atoms. The molecule has 0 unspecified atom stereocenters. The predicted molar refractivity (Wildman–Crippen MR) is 119 cm³/mol. The Bertz CT molecular complexity index is 571. The first-order valence-electron chi connectivity index (χ1n) is 11.8. The number of nitrogens with zero attached hydrogens (tertiary/aromatic N) is 1. The van der Waals surface area contributed by atoms with Crippen molar-refractivity contribution in [3.8, 4) is 6.07 Å². The Labute approximate surface area is 169 Å². The van der Waals surface area contributed by atoms with E-state index in [9.17, 15) is 0 Å². The van der Waals surface area contributed by atoms with E-state index in [2.05, 4.69) is 25.1 Å². The number of hydrogen-bond acceptors (Lipinski definition) is 1. The van der Waals surface area contributed by atoms with Crippen LogP contribution in [0, 0.1) is 29.1 Å². The topological polar surface area (TPSA) is 23.8 Å². The zero-order valence-corrected chi connectivity index (χ0v) is 18.6. The van der Waals surface area contributed by atoms with E-state index < -0.39 is 0 Å². The van der Waals surface area contributed by atoms with Gasteiger partial charge in [-0.25, -0.2) is 0 Å². The van der Waals surface area contributed by atoms with Crippen molar-refractivity contribution in [2.75, 3.05) is 0 Å². The fourth-order valence-electron chi connectivity index (χ4n) is 5.81. The highest BCUT2D eigenvalue weighted by Crippen LogP contribution is 2.41. The minimum Gasteiger partial charge on any atom is -0.192 e. The van der Waals surface area contributed by atoms with Gasteiger partial charge in [0.25, 0.3) is 0 Å². The highest BCUT2D eigenvalue weighted by Gasteiger charge is 2.30. The molecule has 1 aromatic rings.